The van der Waals surface area contributed by atoms with Crippen molar-refractivity contribution < 1.29 is 9.53 Å². The Morgan fingerprint density at radius 1 is 1.08 bits per heavy atom. The zero-order valence-electron chi connectivity index (χ0n) is 21.7. The van der Waals surface area contributed by atoms with Gasteiger partial charge in [0.25, 0.3) is 0 Å². The number of halogens is 1. The summed E-state index contributed by atoms with van der Waals surface area (Å²) in [6.07, 6.45) is 3.38. The molecule has 2 bridgehead atoms. The predicted octanol–water partition coefficient (Wildman–Crippen LogP) is 4.98. The number of hydrogen-bond donors (Lipinski definition) is 0. The van der Waals surface area contributed by atoms with E-state index in [-0.39, 0.29) is 11.3 Å². The van der Waals surface area contributed by atoms with Gasteiger partial charge in [-0.15, -0.1) is 0 Å². The van der Waals surface area contributed by atoms with Gasteiger partial charge in [-0.2, -0.15) is 0 Å². The van der Waals surface area contributed by atoms with Crippen molar-refractivity contribution in [2.75, 3.05) is 55.4 Å². The number of piperazine rings is 1. The summed E-state index contributed by atoms with van der Waals surface area (Å²) in [5.41, 5.74) is 1.72. The first kappa shape index (κ1) is 25.5. The molecule has 1 amide bonds. The fourth-order valence-electron chi connectivity index (χ4n) is 6.56. The third kappa shape index (κ3) is 5.54. The van der Waals surface area contributed by atoms with Gasteiger partial charge >= 0.3 is 0 Å². The SMILES string of the molecule is COc1ccc(N2CCN(c3cc(Cl)nc(SCC(=O)N4CC5(C)CC4CC(C)(C)C5)n3)CC2)cc1. The number of amides is 1. The number of nitrogens with zero attached hydrogens (tertiary/aromatic N) is 5. The van der Waals surface area contributed by atoms with Gasteiger partial charge in [0.1, 0.15) is 16.7 Å². The van der Waals surface area contributed by atoms with Gasteiger partial charge in [0.05, 0.1) is 12.9 Å². The van der Waals surface area contributed by atoms with Gasteiger partial charge in [-0.25, -0.2) is 9.97 Å². The fourth-order valence-corrected chi connectivity index (χ4v) is 7.53. The minimum atomic E-state index is 0.185. The Morgan fingerprint density at radius 2 is 1.78 bits per heavy atom. The van der Waals surface area contributed by atoms with Gasteiger partial charge in [0.2, 0.25) is 5.91 Å². The molecule has 1 saturated carbocycles. The smallest absolute Gasteiger partial charge is 0.233 e. The van der Waals surface area contributed by atoms with Gasteiger partial charge in [-0.05, 0) is 54.4 Å². The summed E-state index contributed by atoms with van der Waals surface area (Å²) >= 11 is 7.77. The molecular formula is C27H36ClN5O2S. The fraction of sp³-hybridized carbons (Fsp3) is 0.593. The lowest BCUT2D eigenvalue weighted by molar-refractivity contribution is -0.129. The molecule has 1 aromatic carbocycles. The third-order valence-electron chi connectivity index (χ3n) is 7.76. The number of benzene rings is 1. The number of hydrogen-bond acceptors (Lipinski definition) is 7. The monoisotopic (exact) mass is 529 g/mol. The van der Waals surface area contributed by atoms with E-state index in [2.05, 4.69) is 52.6 Å². The van der Waals surface area contributed by atoms with Crippen LogP contribution >= 0.6 is 23.4 Å². The molecule has 2 unspecified atom stereocenters. The lowest BCUT2D eigenvalue weighted by atomic mass is 9.65. The standard InChI is InChI=1S/C27H36ClN5O2S/c1-26(2)14-20-15-27(3,17-26)18-33(20)24(34)16-36-25-29-22(28)13-23(30-25)32-11-9-31(10-12-32)19-5-7-21(35-4)8-6-19/h5-8,13,20H,9-12,14-18H2,1-4H3. The molecule has 3 fully saturated rings. The molecule has 2 atom stereocenters. The Hall–Kier alpha value is -2.19. The summed E-state index contributed by atoms with van der Waals surface area (Å²) in [4.78, 5) is 29.1. The second kappa shape index (κ2) is 9.93. The van der Waals surface area contributed by atoms with Gasteiger partial charge in [0.15, 0.2) is 5.16 Å². The van der Waals surface area contributed by atoms with Crippen molar-refractivity contribution in [1.82, 2.24) is 14.9 Å². The zero-order chi connectivity index (χ0) is 25.5. The van der Waals surface area contributed by atoms with E-state index in [0.29, 0.717) is 27.5 Å². The molecule has 1 aromatic heterocycles. The number of anilines is 2. The summed E-state index contributed by atoms with van der Waals surface area (Å²) in [5.74, 6) is 2.22. The Kier molecular flexibility index (Phi) is 7.03. The van der Waals surface area contributed by atoms with Gasteiger partial charge < -0.3 is 19.4 Å². The predicted molar refractivity (Wildman–Crippen MR) is 146 cm³/mol. The van der Waals surface area contributed by atoms with Crippen LogP contribution in [0.2, 0.25) is 5.15 Å². The maximum atomic E-state index is 13.2. The maximum Gasteiger partial charge on any atom is 0.233 e. The molecule has 0 radical (unpaired) electrons. The number of likely N-dealkylation sites (tertiary alicyclic amines) is 1. The van der Waals surface area contributed by atoms with E-state index in [4.69, 9.17) is 21.3 Å². The molecule has 9 heteroatoms. The van der Waals surface area contributed by atoms with E-state index in [0.717, 1.165) is 57.1 Å². The number of carbonyl (C=O) groups excluding carboxylic acids is 1. The molecule has 194 valence electrons. The van der Waals surface area contributed by atoms with E-state index >= 15 is 0 Å². The number of rotatable bonds is 6. The first-order valence-corrected chi connectivity index (χ1v) is 14.1. The molecule has 2 aromatic rings. The van der Waals surface area contributed by atoms with Crippen LogP contribution in [0, 0.1) is 10.8 Å². The number of ether oxygens (including phenoxy) is 1. The number of fused-ring (bicyclic) bond motifs is 2. The second-order valence-corrected chi connectivity index (χ2v) is 12.9. The maximum absolute atomic E-state index is 13.2. The largest absolute Gasteiger partial charge is 0.497 e. The molecule has 2 aliphatic heterocycles. The highest BCUT2D eigenvalue weighted by Gasteiger charge is 2.50. The Labute approximate surface area is 223 Å². The van der Waals surface area contributed by atoms with Crippen molar-refractivity contribution >= 4 is 40.8 Å². The highest BCUT2D eigenvalue weighted by Crippen LogP contribution is 2.52. The normalized spacial score (nSPS) is 25.2. The first-order chi connectivity index (χ1) is 17.1. The summed E-state index contributed by atoms with van der Waals surface area (Å²) in [5, 5.41) is 0.982. The highest BCUT2D eigenvalue weighted by molar-refractivity contribution is 7.99. The van der Waals surface area contributed by atoms with Crippen LogP contribution in [0.15, 0.2) is 35.5 Å². The molecule has 3 heterocycles. The van der Waals surface area contributed by atoms with E-state index in [9.17, 15) is 4.79 Å². The summed E-state index contributed by atoms with van der Waals surface area (Å²) in [6, 6.07) is 10.3. The quantitative estimate of drug-likeness (QED) is 0.297. The van der Waals surface area contributed by atoms with Crippen LogP contribution < -0.4 is 14.5 Å². The van der Waals surface area contributed by atoms with Crippen LogP contribution in [0.4, 0.5) is 11.5 Å². The minimum absolute atomic E-state index is 0.185. The van der Waals surface area contributed by atoms with Crippen LogP contribution in [0.1, 0.15) is 40.0 Å². The third-order valence-corrected chi connectivity index (χ3v) is 8.79. The number of carbonyl (C=O) groups is 1. The van der Waals surface area contributed by atoms with Crippen LogP contribution in [0.25, 0.3) is 0 Å². The molecule has 36 heavy (non-hydrogen) atoms. The lowest BCUT2D eigenvalue weighted by Gasteiger charge is -2.39. The van der Waals surface area contributed by atoms with Crippen molar-refractivity contribution in [2.24, 2.45) is 10.8 Å². The molecular weight excluding hydrogens is 494 g/mol. The van der Waals surface area contributed by atoms with Crippen molar-refractivity contribution in [3.63, 3.8) is 0 Å². The summed E-state index contributed by atoms with van der Waals surface area (Å²) < 4.78 is 5.27. The van der Waals surface area contributed by atoms with Crippen molar-refractivity contribution in [3.8, 4) is 5.75 Å². The van der Waals surface area contributed by atoms with Crippen LogP contribution in [-0.4, -0.2) is 72.4 Å². The van der Waals surface area contributed by atoms with E-state index in [1.807, 2.05) is 18.2 Å². The number of aromatic nitrogens is 2. The molecule has 5 rings (SSSR count). The average molecular weight is 530 g/mol. The molecule has 7 nitrogen and oxygen atoms in total. The minimum Gasteiger partial charge on any atom is -0.497 e. The van der Waals surface area contributed by atoms with Crippen LogP contribution in [0.3, 0.4) is 0 Å². The van der Waals surface area contributed by atoms with Gasteiger partial charge in [0, 0.05) is 50.5 Å². The molecule has 3 aliphatic rings. The van der Waals surface area contributed by atoms with Gasteiger partial charge in [-0.1, -0.05) is 44.1 Å². The van der Waals surface area contributed by atoms with Crippen LogP contribution in [-0.2, 0) is 4.79 Å². The second-order valence-electron chi connectivity index (χ2n) is 11.5. The molecule has 1 aliphatic carbocycles. The Balaban J connectivity index is 1.19. The van der Waals surface area contributed by atoms with E-state index in [1.165, 1.54) is 23.9 Å². The van der Waals surface area contributed by atoms with E-state index in [1.54, 1.807) is 7.11 Å². The molecule has 0 N–H and O–H groups in total. The van der Waals surface area contributed by atoms with Crippen molar-refractivity contribution in [3.05, 3.63) is 35.5 Å². The lowest BCUT2D eigenvalue weighted by Crippen LogP contribution is -2.46. The topological polar surface area (TPSA) is 61.8 Å². The van der Waals surface area contributed by atoms with E-state index < -0.39 is 0 Å². The van der Waals surface area contributed by atoms with Crippen molar-refractivity contribution in [1.29, 1.82) is 0 Å². The number of thioether (sulfide) groups is 1. The number of methoxy groups -OCH3 is 1. The molecule has 2 saturated heterocycles. The highest BCUT2D eigenvalue weighted by atomic mass is 35.5. The Bertz CT molecular complexity index is 1110. The van der Waals surface area contributed by atoms with Crippen LogP contribution in [0.5, 0.6) is 5.75 Å². The first-order valence-electron chi connectivity index (χ1n) is 12.7. The summed E-state index contributed by atoms with van der Waals surface area (Å²) in [7, 11) is 1.68. The zero-order valence-corrected chi connectivity index (χ0v) is 23.2. The molecule has 0 spiro atoms. The van der Waals surface area contributed by atoms with Crippen molar-refractivity contribution in [2.45, 2.75) is 51.2 Å². The van der Waals surface area contributed by atoms with Gasteiger partial charge in [-0.3, -0.25) is 4.79 Å². The summed E-state index contributed by atoms with van der Waals surface area (Å²) in [6.45, 7) is 11.3. The average Bonchev–Trinajstić information content (AvgIpc) is 3.11. The Morgan fingerprint density at radius 3 is 2.47 bits per heavy atom.